The standard InChI is InChI=1S/C30H24IN3O2S/c1-19-16-25(14-15-27(19)31)32-20(2)17-22(21(32)3)18-26-28(35)33(23-10-6-4-7-11-23)30(37)34(29(26)36)24-12-8-5-9-13-24/h4-18H,1-3H3. The molecule has 1 fully saturated rings. The highest BCUT2D eigenvalue weighted by Crippen LogP contribution is 2.31. The lowest BCUT2D eigenvalue weighted by molar-refractivity contribution is -0.120. The van der Waals surface area contributed by atoms with Crippen molar-refractivity contribution in [3.05, 3.63) is 117 Å². The summed E-state index contributed by atoms with van der Waals surface area (Å²) in [5.74, 6) is -0.883. The van der Waals surface area contributed by atoms with Crippen molar-refractivity contribution in [1.29, 1.82) is 0 Å². The zero-order chi connectivity index (χ0) is 26.3. The molecule has 0 aliphatic carbocycles. The van der Waals surface area contributed by atoms with E-state index in [-0.39, 0.29) is 10.7 Å². The third-order valence-electron chi connectivity index (χ3n) is 6.45. The van der Waals surface area contributed by atoms with Crippen LogP contribution in [-0.4, -0.2) is 21.5 Å². The van der Waals surface area contributed by atoms with E-state index >= 15 is 0 Å². The maximum absolute atomic E-state index is 13.8. The predicted molar refractivity (Wildman–Crippen MR) is 161 cm³/mol. The van der Waals surface area contributed by atoms with Crippen LogP contribution >= 0.6 is 34.8 Å². The van der Waals surface area contributed by atoms with Crippen LogP contribution in [0.2, 0.25) is 0 Å². The highest BCUT2D eigenvalue weighted by Gasteiger charge is 2.41. The quantitative estimate of drug-likeness (QED) is 0.110. The molecule has 5 rings (SSSR count). The van der Waals surface area contributed by atoms with Gasteiger partial charge in [-0.2, -0.15) is 0 Å². The molecule has 1 saturated heterocycles. The summed E-state index contributed by atoms with van der Waals surface area (Å²) >= 11 is 8.03. The number of anilines is 2. The second kappa shape index (κ2) is 10.1. The molecule has 4 aromatic rings. The van der Waals surface area contributed by atoms with E-state index in [4.69, 9.17) is 12.2 Å². The van der Waals surface area contributed by atoms with Crippen LogP contribution in [0, 0.1) is 24.3 Å². The number of carbonyl (C=O) groups excluding carboxylic acids is 2. The van der Waals surface area contributed by atoms with Crippen molar-refractivity contribution in [1.82, 2.24) is 4.57 Å². The molecule has 7 heteroatoms. The number of amides is 2. The van der Waals surface area contributed by atoms with Gasteiger partial charge in [0.1, 0.15) is 5.57 Å². The third-order valence-corrected chi connectivity index (χ3v) is 8.02. The van der Waals surface area contributed by atoms with Gasteiger partial charge in [-0.15, -0.1) is 0 Å². The minimum absolute atomic E-state index is 0.0559. The molecule has 0 spiro atoms. The highest BCUT2D eigenvalue weighted by atomic mass is 127. The fourth-order valence-electron chi connectivity index (χ4n) is 4.59. The Kier molecular flexibility index (Phi) is 6.83. The van der Waals surface area contributed by atoms with Crippen LogP contribution in [0.1, 0.15) is 22.5 Å². The molecule has 0 N–H and O–H groups in total. The topological polar surface area (TPSA) is 45.6 Å². The fourth-order valence-corrected chi connectivity index (χ4v) is 5.31. The summed E-state index contributed by atoms with van der Waals surface area (Å²) in [5.41, 5.74) is 6.26. The Labute approximate surface area is 235 Å². The van der Waals surface area contributed by atoms with Gasteiger partial charge in [0.15, 0.2) is 5.11 Å². The van der Waals surface area contributed by atoms with Crippen LogP contribution in [0.4, 0.5) is 11.4 Å². The van der Waals surface area contributed by atoms with Crippen molar-refractivity contribution in [2.75, 3.05) is 9.80 Å². The first kappa shape index (κ1) is 25.1. The van der Waals surface area contributed by atoms with Gasteiger partial charge in [0.05, 0.1) is 11.4 Å². The second-order valence-corrected chi connectivity index (χ2v) is 10.4. The van der Waals surface area contributed by atoms with E-state index in [1.54, 1.807) is 6.08 Å². The molecule has 5 nitrogen and oxygen atoms in total. The Hall–Kier alpha value is -3.56. The van der Waals surface area contributed by atoms with E-state index < -0.39 is 11.8 Å². The number of rotatable bonds is 4. The maximum Gasteiger partial charge on any atom is 0.270 e. The number of aryl methyl sites for hydroxylation is 2. The maximum atomic E-state index is 13.8. The van der Waals surface area contributed by atoms with Gasteiger partial charge in [0.25, 0.3) is 11.8 Å². The number of halogens is 1. The van der Waals surface area contributed by atoms with Crippen molar-refractivity contribution in [2.24, 2.45) is 0 Å². The SMILES string of the molecule is Cc1cc(-n2c(C)cc(C=C3C(=O)N(c4ccccc4)C(=S)N(c4ccccc4)C3=O)c2C)ccc1I. The normalized spacial score (nSPS) is 13.9. The van der Waals surface area contributed by atoms with Crippen LogP contribution in [0.3, 0.4) is 0 Å². The second-order valence-electron chi connectivity index (χ2n) is 8.89. The smallest absolute Gasteiger partial charge is 0.270 e. The number of hydrogen-bond donors (Lipinski definition) is 0. The summed E-state index contributed by atoms with van der Waals surface area (Å²) < 4.78 is 3.34. The van der Waals surface area contributed by atoms with Gasteiger partial charge in [-0.05, 0) is 121 Å². The molecule has 2 heterocycles. The van der Waals surface area contributed by atoms with Crippen molar-refractivity contribution in [2.45, 2.75) is 20.8 Å². The van der Waals surface area contributed by atoms with Crippen molar-refractivity contribution in [3.8, 4) is 5.69 Å². The molecule has 1 aliphatic rings. The predicted octanol–water partition coefficient (Wildman–Crippen LogP) is 6.76. The molecular formula is C30H24IN3O2S. The summed E-state index contributed by atoms with van der Waals surface area (Å²) in [5, 5.41) is 0.129. The minimum Gasteiger partial charge on any atom is -0.318 e. The molecule has 1 aliphatic heterocycles. The van der Waals surface area contributed by atoms with Crippen molar-refractivity contribution in [3.63, 3.8) is 0 Å². The van der Waals surface area contributed by atoms with Crippen LogP contribution in [0.5, 0.6) is 0 Å². The van der Waals surface area contributed by atoms with E-state index in [1.165, 1.54) is 18.9 Å². The van der Waals surface area contributed by atoms with Gasteiger partial charge in [-0.3, -0.25) is 19.4 Å². The zero-order valence-corrected chi connectivity index (χ0v) is 23.6. The Morgan fingerprint density at radius 1 is 0.730 bits per heavy atom. The third kappa shape index (κ3) is 4.53. The van der Waals surface area contributed by atoms with Gasteiger partial charge in [-0.1, -0.05) is 36.4 Å². The molecule has 37 heavy (non-hydrogen) atoms. The number of aromatic nitrogens is 1. The first-order chi connectivity index (χ1) is 17.8. The molecule has 3 aromatic carbocycles. The van der Waals surface area contributed by atoms with E-state index in [0.29, 0.717) is 11.4 Å². The average Bonchev–Trinajstić information content (AvgIpc) is 3.17. The van der Waals surface area contributed by atoms with Gasteiger partial charge >= 0.3 is 0 Å². The average molecular weight is 618 g/mol. The summed E-state index contributed by atoms with van der Waals surface area (Å²) in [7, 11) is 0. The van der Waals surface area contributed by atoms with Gasteiger partial charge in [0.2, 0.25) is 0 Å². The van der Waals surface area contributed by atoms with Gasteiger partial charge < -0.3 is 4.57 Å². The molecular weight excluding hydrogens is 593 g/mol. The van der Waals surface area contributed by atoms with E-state index in [2.05, 4.69) is 52.3 Å². The molecule has 1 aromatic heterocycles. The first-order valence-electron chi connectivity index (χ1n) is 11.8. The van der Waals surface area contributed by atoms with Crippen molar-refractivity contribution < 1.29 is 9.59 Å². The van der Waals surface area contributed by atoms with E-state index in [9.17, 15) is 9.59 Å². The monoisotopic (exact) mass is 617 g/mol. The van der Waals surface area contributed by atoms with Crippen LogP contribution in [0.15, 0.2) is 90.5 Å². The number of carbonyl (C=O) groups is 2. The minimum atomic E-state index is -0.441. The Balaban J connectivity index is 1.65. The van der Waals surface area contributed by atoms with Crippen LogP contribution in [0.25, 0.3) is 11.8 Å². The molecule has 0 bridgehead atoms. The molecule has 184 valence electrons. The summed E-state index contributed by atoms with van der Waals surface area (Å²) in [6.45, 7) is 6.11. The van der Waals surface area contributed by atoms with E-state index in [0.717, 1.165) is 22.6 Å². The highest BCUT2D eigenvalue weighted by molar-refractivity contribution is 14.1. The molecule has 0 atom stereocenters. The largest absolute Gasteiger partial charge is 0.318 e. The number of hydrogen-bond acceptors (Lipinski definition) is 3. The number of benzene rings is 3. The van der Waals surface area contributed by atoms with Crippen LogP contribution in [-0.2, 0) is 9.59 Å². The Bertz CT molecular complexity index is 1510. The fraction of sp³-hybridized carbons (Fsp3) is 0.100. The van der Waals surface area contributed by atoms with Crippen LogP contribution < -0.4 is 9.80 Å². The summed E-state index contributed by atoms with van der Waals surface area (Å²) in [4.78, 5) is 30.5. The van der Waals surface area contributed by atoms with Gasteiger partial charge in [-0.25, -0.2) is 0 Å². The number of nitrogens with zero attached hydrogens (tertiary/aromatic N) is 3. The van der Waals surface area contributed by atoms with Crippen molar-refractivity contribution >= 4 is 69.2 Å². The lowest BCUT2D eigenvalue weighted by Gasteiger charge is -2.36. The number of thiocarbonyl (C=S) groups is 1. The molecule has 0 radical (unpaired) electrons. The lowest BCUT2D eigenvalue weighted by atomic mass is 10.1. The molecule has 0 saturated carbocycles. The number of para-hydroxylation sites is 2. The first-order valence-corrected chi connectivity index (χ1v) is 13.3. The van der Waals surface area contributed by atoms with E-state index in [1.807, 2.05) is 80.6 Å². The molecule has 0 unspecified atom stereocenters. The summed E-state index contributed by atoms with van der Waals surface area (Å²) in [6.07, 6.45) is 1.69. The lowest BCUT2D eigenvalue weighted by Crippen LogP contribution is -2.56. The zero-order valence-electron chi connectivity index (χ0n) is 20.6. The summed E-state index contributed by atoms with van der Waals surface area (Å²) in [6, 6.07) is 26.7. The molecule has 2 amide bonds. The Morgan fingerprint density at radius 3 is 1.78 bits per heavy atom. The van der Waals surface area contributed by atoms with Gasteiger partial charge in [0, 0.05) is 20.6 Å². The Morgan fingerprint density at radius 2 is 1.27 bits per heavy atom.